The van der Waals surface area contributed by atoms with E-state index in [1.54, 1.807) is 0 Å². The smallest absolute Gasteiger partial charge is 0.220 e. The molecule has 0 radical (unpaired) electrons. The maximum atomic E-state index is 12.1. The lowest BCUT2D eigenvalue weighted by Gasteiger charge is -2.04. The molecule has 1 amide bonds. The van der Waals surface area contributed by atoms with Crippen LogP contribution in [0.3, 0.4) is 0 Å². The molecule has 0 bridgehead atoms. The molecule has 1 heterocycles. The van der Waals surface area contributed by atoms with Crippen molar-refractivity contribution < 1.29 is 9.21 Å². The van der Waals surface area contributed by atoms with Crippen molar-refractivity contribution in [3.63, 3.8) is 0 Å². The van der Waals surface area contributed by atoms with Crippen molar-refractivity contribution in [3.05, 3.63) is 47.7 Å². The largest absolute Gasteiger partial charge is 0.425 e. The highest BCUT2D eigenvalue weighted by atomic mass is 16.4. The fourth-order valence-corrected chi connectivity index (χ4v) is 3.84. The minimum Gasteiger partial charge on any atom is -0.425 e. The molecule has 2 fully saturated rings. The fourth-order valence-electron chi connectivity index (χ4n) is 3.84. The average Bonchev–Trinajstić information content (AvgIpc) is 3.02. The van der Waals surface area contributed by atoms with Crippen molar-refractivity contribution in [3.8, 4) is 0 Å². The molecule has 1 N–H and O–H groups in total. The number of carbonyl (C=O) groups excluding carboxylic acids is 1. The molecule has 25 heavy (non-hydrogen) atoms. The summed E-state index contributed by atoms with van der Waals surface area (Å²) in [5.74, 6) is 3.02. The van der Waals surface area contributed by atoms with Crippen LogP contribution in [0.4, 0.5) is 0 Å². The molecule has 0 unspecified atom stereocenters. The quantitative estimate of drug-likeness (QED) is 0.837. The van der Waals surface area contributed by atoms with Crippen LogP contribution in [0.15, 0.2) is 34.7 Å². The van der Waals surface area contributed by atoms with E-state index in [4.69, 9.17) is 4.42 Å². The SMILES string of the molecule is O=C(CCc1nnc(C2CCCC2)o1)NC[C@H]1C[C@@H]1c1ccccc1. The predicted molar refractivity (Wildman–Crippen MR) is 94.1 cm³/mol. The van der Waals surface area contributed by atoms with Gasteiger partial charge in [0.05, 0.1) is 0 Å². The zero-order chi connectivity index (χ0) is 17.1. The summed E-state index contributed by atoms with van der Waals surface area (Å²) < 4.78 is 5.73. The van der Waals surface area contributed by atoms with E-state index in [-0.39, 0.29) is 5.91 Å². The summed E-state index contributed by atoms with van der Waals surface area (Å²) in [7, 11) is 0. The first-order valence-corrected chi connectivity index (χ1v) is 9.43. The van der Waals surface area contributed by atoms with Crippen LogP contribution in [0.1, 0.15) is 67.7 Å². The highest BCUT2D eigenvalue weighted by Crippen LogP contribution is 2.46. The Bertz CT molecular complexity index is 707. The minimum absolute atomic E-state index is 0.0688. The summed E-state index contributed by atoms with van der Waals surface area (Å²) in [4.78, 5) is 12.1. The number of hydrogen-bond acceptors (Lipinski definition) is 4. The summed E-state index contributed by atoms with van der Waals surface area (Å²) in [5.41, 5.74) is 1.38. The van der Waals surface area contributed by atoms with E-state index in [1.165, 1.54) is 24.8 Å². The molecule has 132 valence electrons. The molecular formula is C20H25N3O2. The van der Waals surface area contributed by atoms with Gasteiger partial charge in [0.15, 0.2) is 0 Å². The van der Waals surface area contributed by atoms with Gasteiger partial charge >= 0.3 is 0 Å². The van der Waals surface area contributed by atoms with Gasteiger partial charge in [-0.15, -0.1) is 10.2 Å². The third kappa shape index (κ3) is 4.09. The van der Waals surface area contributed by atoms with E-state index < -0.39 is 0 Å². The summed E-state index contributed by atoms with van der Waals surface area (Å²) in [6.07, 6.45) is 6.89. The van der Waals surface area contributed by atoms with Gasteiger partial charge in [-0.3, -0.25) is 4.79 Å². The Morgan fingerprint density at radius 3 is 2.76 bits per heavy atom. The van der Waals surface area contributed by atoms with E-state index in [2.05, 4.69) is 39.8 Å². The number of hydrogen-bond donors (Lipinski definition) is 1. The first kappa shape index (κ1) is 16.3. The van der Waals surface area contributed by atoms with Crippen LogP contribution in [-0.4, -0.2) is 22.6 Å². The monoisotopic (exact) mass is 339 g/mol. The number of aryl methyl sites for hydroxylation is 1. The molecule has 0 saturated heterocycles. The lowest BCUT2D eigenvalue weighted by atomic mass is 10.1. The lowest BCUT2D eigenvalue weighted by Crippen LogP contribution is -2.26. The zero-order valence-electron chi connectivity index (χ0n) is 14.5. The molecule has 2 aliphatic carbocycles. The van der Waals surface area contributed by atoms with Crippen LogP contribution in [0.2, 0.25) is 0 Å². The van der Waals surface area contributed by atoms with E-state index in [0.717, 1.165) is 25.3 Å². The van der Waals surface area contributed by atoms with Gasteiger partial charge < -0.3 is 9.73 Å². The van der Waals surface area contributed by atoms with Gasteiger partial charge in [-0.25, -0.2) is 0 Å². The van der Waals surface area contributed by atoms with Gasteiger partial charge in [-0.2, -0.15) is 0 Å². The molecule has 0 aliphatic heterocycles. The second-order valence-electron chi connectivity index (χ2n) is 7.33. The lowest BCUT2D eigenvalue weighted by molar-refractivity contribution is -0.121. The van der Waals surface area contributed by atoms with Crippen molar-refractivity contribution in [2.75, 3.05) is 6.54 Å². The fraction of sp³-hybridized carbons (Fsp3) is 0.550. The Hall–Kier alpha value is -2.17. The first-order valence-electron chi connectivity index (χ1n) is 9.43. The van der Waals surface area contributed by atoms with Gasteiger partial charge in [0.25, 0.3) is 0 Å². The van der Waals surface area contributed by atoms with E-state index in [0.29, 0.717) is 36.5 Å². The third-order valence-corrected chi connectivity index (χ3v) is 5.46. The van der Waals surface area contributed by atoms with Crippen LogP contribution in [0.5, 0.6) is 0 Å². The van der Waals surface area contributed by atoms with Gasteiger partial charge in [-0.05, 0) is 36.7 Å². The predicted octanol–water partition coefficient (Wildman–Crippen LogP) is 3.58. The normalized spacial score (nSPS) is 22.9. The number of rotatable bonds is 7. The maximum absolute atomic E-state index is 12.1. The topological polar surface area (TPSA) is 68.0 Å². The number of carbonyl (C=O) groups is 1. The minimum atomic E-state index is 0.0688. The van der Waals surface area contributed by atoms with Gasteiger partial charge in [-0.1, -0.05) is 43.2 Å². The zero-order valence-corrected chi connectivity index (χ0v) is 14.5. The number of benzene rings is 1. The number of nitrogens with one attached hydrogen (secondary N) is 1. The molecule has 2 aromatic rings. The van der Waals surface area contributed by atoms with Crippen LogP contribution < -0.4 is 5.32 Å². The molecule has 1 aromatic heterocycles. The molecule has 2 saturated carbocycles. The van der Waals surface area contributed by atoms with Gasteiger partial charge in [0, 0.05) is 25.3 Å². The number of amides is 1. The molecule has 2 aliphatic rings. The molecule has 5 heteroatoms. The van der Waals surface area contributed by atoms with E-state index >= 15 is 0 Å². The Kier molecular flexibility index (Phi) is 4.81. The maximum Gasteiger partial charge on any atom is 0.220 e. The van der Waals surface area contributed by atoms with Crippen LogP contribution in [-0.2, 0) is 11.2 Å². The van der Waals surface area contributed by atoms with Crippen molar-refractivity contribution >= 4 is 5.91 Å². The van der Waals surface area contributed by atoms with Gasteiger partial charge in [0.2, 0.25) is 17.7 Å². The summed E-state index contributed by atoms with van der Waals surface area (Å²) >= 11 is 0. The van der Waals surface area contributed by atoms with Crippen LogP contribution >= 0.6 is 0 Å². The standard InChI is InChI=1S/C20H25N3O2/c24-18(21-13-16-12-17(16)14-6-2-1-3-7-14)10-11-19-22-23-20(25-19)15-8-4-5-9-15/h1-3,6-7,15-17H,4-5,8-13H2,(H,21,24)/t16-,17-/m1/s1. The Morgan fingerprint density at radius 1 is 1.16 bits per heavy atom. The van der Waals surface area contributed by atoms with Crippen molar-refractivity contribution in [2.24, 2.45) is 5.92 Å². The molecule has 4 rings (SSSR count). The molecule has 2 atom stereocenters. The average molecular weight is 339 g/mol. The third-order valence-electron chi connectivity index (χ3n) is 5.46. The van der Waals surface area contributed by atoms with Crippen molar-refractivity contribution in [2.45, 2.75) is 56.8 Å². The van der Waals surface area contributed by atoms with Crippen molar-refractivity contribution in [1.29, 1.82) is 0 Å². The van der Waals surface area contributed by atoms with E-state index in [9.17, 15) is 4.79 Å². The first-order chi connectivity index (χ1) is 12.3. The van der Waals surface area contributed by atoms with E-state index in [1.807, 2.05) is 6.07 Å². The number of aromatic nitrogens is 2. The molecule has 0 spiro atoms. The molecule has 5 nitrogen and oxygen atoms in total. The van der Waals surface area contributed by atoms with Crippen LogP contribution in [0.25, 0.3) is 0 Å². The highest BCUT2D eigenvalue weighted by Gasteiger charge is 2.37. The summed E-state index contributed by atoms with van der Waals surface area (Å²) in [6, 6.07) is 10.5. The van der Waals surface area contributed by atoms with Crippen LogP contribution in [0, 0.1) is 5.92 Å². The highest BCUT2D eigenvalue weighted by molar-refractivity contribution is 5.76. The molecular weight excluding hydrogens is 314 g/mol. The summed E-state index contributed by atoms with van der Waals surface area (Å²) in [5, 5.41) is 11.3. The Morgan fingerprint density at radius 2 is 1.96 bits per heavy atom. The molecule has 1 aromatic carbocycles. The Balaban J connectivity index is 1.17. The summed E-state index contributed by atoms with van der Waals surface area (Å²) in [6.45, 7) is 0.759. The van der Waals surface area contributed by atoms with Gasteiger partial charge in [0.1, 0.15) is 0 Å². The number of nitrogens with zero attached hydrogens (tertiary/aromatic N) is 2. The second-order valence-corrected chi connectivity index (χ2v) is 7.33. The van der Waals surface area contributed by atoms with Crippen molar-refractivity contribution in [1.82, 2.24) is 15.5 Å². The second kappa shape index (κ2) is 7.38. The Labute approximate surface area is 148 Å².